The third kappa shape index (κ3) is 2.65. The second kappa shape index (κ2) is 5.35. The molecule has 0 aliphatic heterocycles. The molecule has 0 aliphatic rings. The van der Waals surface area contributed by atoms with Crippen LogP contribution in [0, 0.1) is 0 Å². The molecule has 2 rings (SSSR count). The zero-order chi connectivity index (χ0) is 14.9. The van der Waals surface area contributed by atoms with E-state index in [1.807, 2.05) is 0 Å². The number of alkyl halides is 2. The third-order valence-corrected chi connectivity index (χ3v) is 2.66. The molecule has 2 heterocycles. The van der Waals surface area contributed by atoms with E-state index in [-0.39, 0.29) is 11.6 Å². The predicted molar refractivity (Wildman–Crippen MR) is 67.5 cm³/mol. The average molecular weight is 284 g/mol. The zero-order valence-corrected chi connectivity index (χ0v) is 11.2. The van der Waals surface area contributed by atoms with Crippen molar-refractivity contribution in [1.82, 2.24) is 24.7 Å². The maximum atomic E-state index is 12.7. The van der Waals surface area contributed by atoms with Crippen LogP contribution >= 0.6 is 0 Å². The number of anilines is 1. The van der Waals surface area contributed by atoms with Crippen LogP contribution in [0.4, 0.5) is 14.6 Å². The van der Waals surface area contributed by atoms with Crippen molar-refractivity contribution in [3.63, 3.8) is 0 Å². The molecule has 0 radical (unpaired) electrons. The molecule has 0 fully saturated rings. The number of carbonyl (C=O) groups excluding carboxylic acids is 1. The summed E-state index contributed by atoms with van der Waals surface area (Å²) in [5.41, 5.74) is 0.220. The summed E-state index contributed by atoms with van der Waals surface area (Å²) in [4.78, 5) is 13.2. The van der Waals surface area contributed by atoms with Crippen molar-refractivity contribution >= 4 is 17.4 Å². The molecule has 7 nitrogen and oxygen atoms in total. The first-order valence-corrected chi connectivity index (χ1v) is 5.88. The molecule has 0 saturated carbocycles. The summed E-state index contributed by atoms with van der Waals surface area (Å²) in [6, 6.07) is 2.53. The van der Waals surface area contributed by atoms with Crippen LogP contribution in [-0.2, 0) is 4.79 Å². The van der Waals surface area contributed by atoms with Gasteiger partial charge in [0.05, 0.1) is 0 Å². The van der Waals surface area contributed by atoms with Gasteiger partial charge in [0.25, 0.3) is 6.43 Å². The molecule has 0 saturated heterocycles. The Kier molecular flexibility index (Phi) is 3.77. The van der Waals surface area contributed by atoms with Crippen molar-refractivity contribution < 1.29 is 13.6 Å². The second-order valence-corrected chi connectivity index (χ2v) is 4.45. The summed E-state index contributed by atoms with van der Waals surface area (Å²) in [5.74, 6) is -0.387. The third-order valence-electron chi connectivity index (χ3n) is 2.66. The Hall–Kier alpha value is -2.32. The van der Waals surface area contributed by atoms with Gasteiger partial charge in [-0.15, -0.1) is 15.3 Å². The first kappa shape index (κ1) is 14.1. The first-order chi connectivity index (χ1) is 9.40. The lowest BCUT2D eigenvalue weighted by atomic mass is 10.3. The Balaban J connectivity index is 2.27. The summed E-state index contributed by atoms with van der Waals surface area (Å²) in [7, 11) is 3.26. The number of halogens is 2. The number of likely N-dealkylation sites (N-methyl/N-ethyl adjacent to an activating group) is 1. The highest BCUT2D eigenvalue weighted by molar-refractivity contribution is 5.83. The molecule has 0 spiro atoms. The van der Waals surface area contributed by atoms with Crippen LogP contribution in [0.1, 0.15) is 19.2 Å². The predicted octanol–water partition coefficient (Wildman–Crippen LogP) is 0.950. The van der Waals surface area contributed by atoms with Crippen LogP contribution in [0.2, 0.25) is 0 Å². The Bertz CT molecular complexity index is 626. The standard InChI is InChI=1S/C11H14F2N6O/c1-6(11(20)18(2)3)14-7-4-5-8-15-16-10(9(12)13)19(8)17-7/h4-6,9H,1-3H3,(H,14,17)/t6-/m0/s1. The molecular weight excluding hydrogens is 270 g/mol. The highest BCUT2D eigenvalue weighted by Crippen LogP contribution is 2.17. The van der Waals surface area contributed by atoms with Crippen molar-refractivity contribution in [3.8, 4) is 0 Å². The van der Waals surface area contributed by atoms with E-state index in [0.717, 1.165) is 4.52 Å². The molecule has 1 atom stereocenters. The van der Waals surface area contributed by atoms with Crippen LogP contribution in [0.3, 0.4) is 0 Å². The van der Waals surface area contributed by atoms with E-state index in [9.17, 15) is 13.6 Å². The summed E-state index contributed by atoms with van der Waals surface area (Å²) in [5, 5.41) is 13.8. The van der Waals surface area contributed by atoms with Crippen LogP contribution < -0.4 is 5.32 Å². The molecule has 108 valence electrons. The summed E-state index contributed by atoms with van der Waals surface area (Å²) >= 11 is 0. The van der Waals surface area contributed by atoms with Crippen molar-refractivity contribution in [2.45, 2.75) is 19.4 Å². The number of fused-ring (bicyclic) bond motifs is 1. The van der Waals surface area contributed by atoms with Gasteiger partial charge >= 0.3 is 0 Å². The Morgan fingerprint density at radius 3 is 2.65 bits per heavy atom. The number of hydrogen-bond donors (Lipinski definition) is 1. The Morgan fingerprint density at radius 1 is 1.35 bits per heavy atom. The van der Waals surface area contributed by atoms with Crippen molar-refractivity contribution in [2.24, 2.45) is 0 Å². The number of amides is 1. The zero-order valence-electron chi connectivity index (χ0n) is 11.2. The largest absolute Gasteiger partial charge is 0.357 e. The molecular formula is C11H14F2N6O. The minimum Gasteiger partial charge on any atom is -0.357 e. The average Bonchev–Trinajstić information content (AvgIpc) is 2.80. The molecule has 2 aromatic rings. The van der Waals surface area contributed by atoms with Gasteiger partial charge in [0, 0.05) is 14.1 Å². The highest BCUT2D eigenvalue weighted by Gasteiger charge is 2.19. The second-order valence-electron chi connectivity index (χ2n) is 4.45. The molecule has 0 bridgehead atoms. The van der Waals surface area contributed by atoms with Gasteiger partial charge in [-0.05, 0) is 19.1 Å². The monoisotopic (exact) mass is 284 g/mol. The summed E-state index contributed by atoms with van der Waals surface area (Å²) in [6.07, 6.45) is -2.77. The maximum absolute atomic E-state index is 12.7. The fraction of sp³-hybridized carbons (Fsp3) is 0.455. The van der Waals surface area contributed by atoms with E-state index < -0.39 is 18.3 Å². The van der Waals surface area contributed by atoms with Crippen LogP contribution in [-0.4, -0.2) is 50.8 Å². The number of nitrogens with one attached hydrogen (secondary N) is 1. The van der Waals surface area contributed by atoms with Gasteiger partial charge in [-0.25, -0.2) is 8.78 Å². The summed E-state index contributed by atoms with van der Waals surface area (Å²) in [6.45, 7) is 1.66. The minimum atomic E-state index is -2.77. The quantitative estimate of drug-likeness (QED) is 0.904. The molecule has 9 heteroatoms. The Labute approximate surface area is 113 Å². The van der Waals surface area contributed by atoms with E-state index in [1.54, 1.807) is 27.1 Å². The summed E-state index contributed by atoms with van der Waals surface area (Å²) < 4.78 is 26.4. The Morgan fingerprint density at radius 2 is 2.05 bits per heavy atom. The van der Waals surface area contributed by atoms with E-state index in [1.165, 1.54) is 11.0 Å². The first-order valence-electron chi connectivity index (χ1n) is 5.88. The van der Waals surface area contributed by atoms with Gasteiger partial charge in [0.15, 0.2) is 5.65 Å². The number of nitrogens with zero attached hydrogens (tertiary/aromatic N) is 5. The van der Waals surface area contributed by atoms with Crippen molar-refractivity contribution in [1.29, 1.82) is 0 Å². The van der Waals surface area contributed by atoms with Crippen LogP contribution in [0.5, 0.6) is 0 Å². The highest BCUT2D eigenvalue weighted by atomic mass is 19.3. The molecule has 0 aromatic carbocycles. The SMILES string of the molecule is C[C@H](Nc1ccc2nnc(C(F)F)n2n1)C(=O)N(C)C. The van der Waals surface area contributed by atoms with Gasteiger partial charge < -0.3 is 10.2 Å². The van der Waals surface area contributed by atoms with E-state index in [4.69, 9.17) is 0 Å². The van der Waals surface area contributed by atoms with E-state index >= 15 is 0 Å². The topological polar surface area (TPSA) is 75.4 Å². The molecule has 1 amide bonds. The molecule has 2 aromatic heterocycles. The van der Waals surface area contributed by atoms with E-state index in [2.05, 4.69) is 20.6 Å². The van der Waals surface area contributed by atoms with Crippen LogP contribution in [0.15, 0.2) is 12.1 Å². The fourth-order valence-electron chi connectivity index (χ4n) is 1.69. The van der Waals surface area contributed by atoms with Crippen LogP contribution in [0.25, 0.3) is 5.65 Å². The molecule has 0 aliphatic carbocycles. The van der Waals surface area contributed by atoms with Gasteiger partial charge in [0.2, 0.25) is 11.7 Å². The van der Waals surface area contributed by atoms with Gasteiger partial charge in [-0.3, -0.25) is 4.79 Å². The lowest BCUT2D eigenvalue weighted by Gasteiger charge is -2.18. The lowest BCUT2D eigenvalue weighted by Crippen LogP contribution is -2.36. The number of rotatable bonds is 4. The smallest absolute Gasteiger partial charge is 0.299 e. The number of aromatic nitrogens is 4. The van der Waals surface area contributed by atoms with Gasteiger partial charge in [-0.1, -0.05) is 0 Å². The normalized spacial score (nSPS) is 12.7. The lowest BCUT2D eigenvalue weighted by molar-refractivity contribution is -0.129. The van der Waals surface area contributed by atoms with Crippen molar-refractivity contribution in [3.05, 3.63) is 18.0 Å². The molecule has 1 N–H and O–H groups in total. The maximum Gasteiger partial charge on any atom is 0.299 e. The molecule has 20 heavy (non-hydrogen) atoms. The van der Waals surface area contributed by atoms with Crippen molar-refractivity contribution in [2.75, 3.05) is 19.4 Å². The minimum absolute atomic E-state index is 0.148. The van der Waals surface area contributed by atoms with Gasteiger partial charge in [0.1, 0.15) is 11.9 Å². The number of carbonyl (C=O) groups is 1. The van der Waals surface area contributed by atoms with Gasteiger partial charge in [-0.2, -0.15) is 4.52 Å². The number of hydrogen-bond acceptors (Lipinski definition) is 5. The fourth-order valence-corrected chi connectivity index (χ4v) is 1.69. The van der Waals surface area contributed by atoms with E-state index in [0.29, 0.717) is 5.82 Å². The molecule has 0 unspecified atom stereocenters.